The first kappa shape index (κ1) is 18.2. The summed E-state index contributed by atoms with van der Waals surface area (Å²) >= 11 is 0. The normalized spacial score (nSPS) is 20.1. The second kappa shape index (κ2) is 8.23. The first-order chi connectivity index (χ1) is 13.2. The van der Waals surface area contributed by atoms with Crippen molar-refractivity contribution in [3.63, 3.8) is 0 Å². The van der Waals surface area contributed by atoms with E-state index in [1.54, 1.807) is 0 Å². The number of benzene rings is 1. The van der Waals surface area contributed by atoms with Crippen LogP contribution in [0.1, 0.15) is 35.9 Å². The van der Waals surface area contributed by atoms with E-state index in [9.17, 15) is 4.79 Å². The first-order valence-electron chi connectivity index (χ1n) is 9.93. The molecule has 6 nitrogen and oxygen atoms in total. The molecule has 2 aromatic rings. The average Bonchev–Trinajstić information content (AvgIpc) is 3.36. The van der Waals surface area contributed by atoms with Gasteiger partial charge in [0.05, 0.1) is 12.2 Å². The molecule has 0 bridgehead atoms. The average molecular weight is 368 g/mol. The Kier molecular flexibility index (Phi) is 5.55. The highest BCUT2D eigenvalue weighted by Gasteiger charge is 2.34. The van der Waals surface area contributed by atoms with Gasteiger partial charge in [-0.1, -0.05) is 35.5 Å². The predicted octanol–water partition coefficient (Wildman–Crippen LogP) is 2.46. The fourth-order valence-electron chi connectivity index (χ4n) is 4.15. The maximum absolute atomic E-state index is 13.3. The summed E-state index contributed by atoms with van der Waals surface area (Å²) in [7, 11) is 0. The number of piperazine rings is 1. The van der Waals surface area contributed by atoms with E-state index in [2.05, 4.69) is 27.1 Å². The quantitative estimate of drug-likeness (QED) is 0.811. The summed E-state index contributed by atoms with van der Waals surface area (Å²) in [6.45, 7) is 8.13. The van der Waals surface area contributed by atoms with E-state index in [1.165, 1.54) is 0 Å². The molecular formula is C21H28N4O2. The predicted molar refractivity (Wildman–Crippen MR) is 103 cm³/mol. The van der Waals surface area contributed by atoms with Crippen LogP contribution in [-0.2, 0) is 11.3 Å². The molecule has 144 valence electrons. The number of amides is 1. The molecular weight excluding hydrogens is 340 g/mol. The molecule has 1 atom stereocenters. The topological polar surface area (TPSA) is 52.8 Å². The Morgan fingerprint density at radius 2 is 1.78 bits per heavy atom. The third-order valence-corrected chi connectivity index (χ3v) is 5.60. The summed E-state index contributed by atoms with van der Waals surface area (Å²) in [5, 5.41) is 3.97. The molecule has 3 heterocycles. The SMILES string of the molecule is Cc1cc(CN2CCN(C(C(=O)N3CCCC3)c3ccccc3)CC2)on1. The monoisotopic (exact) mass is 368 g/mol. The lowest BCUT2D eigenvalue weighted by molar-refractivity contribution is -0.137. The molecule has 1 amide bonds. The van der Waals surface area contributed by atoms with E-state index < -0.39 is 0 Å². The summed E-state index contributed by atoms with van der Waals surface area (Å²) in [4.78, 5) is 20.0. The Morgan fingerprint density at radius 1 is 1.07 bits per heavy atom. The lowest BCUT2D eigenvalue weighted by Gasteiger charge is -2.39. The molecule has 0 aliphatic carbocycles. The first-order valence-corrected chi connectivity index (χ1v) is 9.93. The molecule has 0 spiro atoms. The van der Waals surface area contributed by atoms with Crippen LogP contribution in [0.15, 0.2) is 40.9 Å². The molecule has 2 saturated heterocycles. The zero-order valence-electron chi connectivity index (χ0n) is 16.0. The van der Waals surface area contributed by atoms with Gasteiger partial charge in [-0.25, -0.2) is 0 Å². The third kappa shape index (κ3) is 4.22. The second-order valence-electron chi connectivity index (χ2n) is 7.59. The number of likely N-dealkylation sites (tertiary alicyclic amines) is 1. The maximum Gasteiger partial charge on any atom is 0.244 e. The Bertz CT molecular complexity index is 747. The zero-order chi connectivity index (χ0) is 18.6. The van der Waals surface area contributed by atoms with E-state index in [4.69, 9.17) is 4.52 Å². The van der Waals surface area contributed by atoms with Gasteiger partial charge in [-0.15, -0.1) is 0 Å². The molecule has 0 N–H and O–H groups in total. The Hall–Kier alpha value is -2.18. The fraction of sp³-hybridized carbons (Fsp3) is 0.524. The van der Waals surface area contributed by atoms with Crippen LogP contribution in [0.5, 0.6) is 0 Å². The molecule has 0 radical (unpaired) electrons. The molecule has 1 aromatic heterocycles. The smallest absolute Gasteiger partial charge is 0.244 e. The van der Waals surface area contributed by atoms with Crippen LogP contribution in [0, 0.1) is 6.92 Å². The minimum atomic E-state index is -0.168. The maximum atomic E-state index is 13.3. The zero-order valence-corrected chi connectivity index (χ0v) is 16.0. The number of aryl methyl sites for hydroxylation is 1. The van der Waals surface area contributed by atoms with Crippen molar-refractivity contribution in [1.29, 1.82) is 0 Å². The van der Waals surface area contributed by atoms with Gasteiger partial charge in [0.25, 0.3) is 0 Å². The van der Waals surface area contributed by atoms with Crippen LogP contribution in [0.2, 0.25) is 0 Å². The minimum absolute atomic E-state index is 0.168. The Morgan fingerprint density at radius 3 is 2.41 bits per heavy atom. The van der Waals surface area contributed by atoms with Crippen molar-refractivity contribution in [2.45, 2.75) is 32.4 Å². The van der Waals surface area contributed by atoms with Crippen molar-refractivity contribution in [3.05, 3.63) is 53.4 Å². The van der Waals surface area contributed by atoms with E-state index >= 15 is 0 Å². The van der Waals surface area contributed by atoms with Gasteiger partial charge in [0.1, 0.15) is 6.04 Å². The van der Waals surface area contributed by atoms with Crippen LogP contribution in [0.3, 0.4) is 0 Å². The van der Waals surface area contributed by atoms with Crippen LogP contribution in [-0.4, -0.2) is 65.0 Å². The number of hydrogen-bond acceptors (Lipinski definition) is 5. The molecule has 4 rings (SSSR count). The molecule has 2 aliphatic rings. The van der Waals surface area contributed by atoms with Crippen LogP contribution in [0.25, 0.3) is 0 Å². The van der Waals surface area contributed by atoms with Crippen molar-refractivity contribution in [3.8, 4) is 0 Å². The lowest BCUT2D eigenvalue weighted by Crippen LogP contribution is -2.51. The highest BCUT2D eigenvalue weighted by Crippen LogP contribution is 2.26. The minimum Gasteiger partial charge on any atom is -0.360 e. The lowest BCUT2D eigenvalue weighted by atomic mass is 10.0. The Labute approximate surface area is 160 Å². The number of nitrogens with zero attached hydrogens (tertiary/aromatic N) is 4. The molecule has 6 heteroatoms. The van der Waals surface area contributed by atoms with Crippen LogP contribution < -0.4 is 0 Å². The van der Waals surface area contributed by atoms with Crippen molar-refractivity contribution in [1.82, 2.24) is 19.9 Å². The third-order valence-electron chi connectivity index (χ3n) is 5.60. The molecule has 2 fully saturated rings. The summed E-state index contributed by atoms with van der Waals surface area (Å²) in [6.07, 6.45) is 2.25. The van der Waals surface area contributed by atoms with Crippen LogP contribution >= 0.6 is 0 Å². The molecule has 1 unspecified atom stereocenters. The second-order valence-corrected chi connectivity index (χ2v) is 7.59. The van der Waals surface area contributed by atoms with Gasteiger partial charge in [-0.05, 0) is 25.3 Å². The van der Waals surface area contributed by atoms with Crippen molar-refractivity contribution in [2.75, 3.05) is 39.3 Å². The number of carbonyl (C=O) groups excluding carboxylic acids is 1. The van der Waals surface area contributed by atoms with Crippen molar-refractivity contribution >= 4 is 5.91 Å². The number of rotatable bonds is 5. The van der Waals surface area contributed by atoms with Gasteiger partial charge in [0, 0.05) is 45.3 Å². The standard InChI is InChI=1S/C21H28N4O2/c1-17-15-19(27-22-17)16-23-11-13-24(14-12-23)20(18-7-3-2-4-8-18)21(26)25-9-5-6-10-25/h2-4,7-8,15,20H,5-6,9-14,16H2,1H3. The fourth-order valence-corrected chi connectivity index (χ4v) is 4.15. The molecule has 0 saturated carbocycles. The largest absolute Gasteiger partial charge is 0.360 e. The molecule has 1 aromatic carbocycles. The van der Waals surface area contributed by atoms with Gasteiger partial charge in [-0.2, -0.15) is 0 Å². The highest BCUT2D eigenvalue weighted by molar-refractivity contribution is 5.83. The molecule has 2 aliphatic heterocycles. The van der Waals surface area contributed by atoms with E-state index in [-0.39, 0.29) is 11.9 Å². The van der Waals surface area contributed by atoms with E-state index in [0.717, 1.165) is 75.7 Å². The number of carbonyl (C=O) groups is 1. The van der Waals surface area contributed by atoms with Crippen LogP contribution in [0.4, 0.5) is 0 Å². The van der Waals surface area contributed by atoms with E-state index in [1.807, 2.05) is 36.1 Å². The van der Waals surface area contributed by atoms with Gasteiger partial charge < -0.3 is 9.42 Å². The summed E-state index contributed by atoms with van der Waals surface area (Å²) < 4.78 is 5.35. The summed E-state index contributed by atoms with van der Waals surface area (Å²) in [6, 6.07) is 12.1. The summed E-state index contributed by atoms with van der Waals surface area (Å²) in [5.41, 5.74) is 2.03. The number of hydrogen-bond donors (Lipinski definition) is 0. The van der Waals surface area contributed by atoms with E-state index in [0.29, 0.717) is 0 Å². The van der Waals surface area contributed by atoms with Crippen molar-refractivity contribution < 1.29 is 9.32 Å². The van der Waals surface area contributed by atoms with Gasteiger partial charge in [0.2, 0.25) is 5.91 Å². The highest BCUT2D eigenvalue weighted by atomic mass is 16.5. The van der Waals surface area contributed by atoms with Gasteiger partial charge >= 0.3 is 0 Å². The Balaban J connectivity index is 1.44. The van der Waals surface area contributed by atoms with Crippen molar-refractivity contribution in [2.24, 2.45) is 0 Å². The van der Waals surface area contributed by atoms with Gasteiger partial charge in [-0.3, -0.25) is 14.6 Å². The summed E-state index contributed by atoms with van der Waals surface area (Å²) in [5.74, 6) is 1.17. The number of aromatic nitrogens is 1. The van der Waals surface area contributed by atoms with Gasteiger partial charge in [0.15, 0.2) is 5.76 Å². The molecule has 27 heavy (non-hydrogen) atoms.